The van der Waals surface area contributed by atoms with Crippen LogP contribution in [0.4, 0.5) is 5.82 Å². The predicted molar refractivity (Wildman–Crippen MR) is 60.7 cm³/mol. The van der Waals surface area contributed by atoms with Crippen molar-refractivity contribution in [1.82, 2.24) is 4.98 Å². The molecule has 82 valence electrons. The van der Waals surface area contributed by atoms with Crippen molar-refractivity contribution in [3.05, 3.63) is 23.4 Å². The number of aromatic nitrogens is 1. The number of halogens is 1. The topological polar surface area (TPSA) is 68.0 Å². The summed E-state index contributed by atoms with van der Waals surface area (Å²) in [6.45, 7) is 2.31. The molecule has 1 aromatic rings. The van der Waals surface area contributed by atoms with Gasteiger partial charge in [0.2, 0.25) is 5.91 Å². The van der Waals surface area contributed by atoms with Crippen molar-refractivity contribution in [3.63, 3.8) is 0 Å². The fourth-order valence-corrected chi connectivity index (χ4v) is 1.27. The maximum Gasteiger partial charge on any atom is 0.228 e. The van der Waals surface area contributed by atoms with Crippen molar-refractivity contribution < 1.29 is 4.79 Å². The highest BCUT2D eigenvalue weighted by Crippen LogP contribution is 2.18. The van der Waals surface area contributed by atoms with Crippen LogP contribution in [0.5, 0.6) is 0 Å². The molecule has 1 rings (SSSR count). The number of hydrogen-bond acceptors (Lipinski definition) is 3. The molecule has 0 bridgehead atoms. The first-order chi connectivity index (χ1) is 7.15. The van der Waals surface area contributed by atoms with Crippen LogP contribution >= 0.6 is 11.6 Å². The molecule has 0 aliphatic rings. The number of anilines is 1. The predicted octanol–water partition coefficient (Wildman–Crippen LogP) is 1.66. The molecule has 0 fully saturated rings. The van der Waals surface area contributed by atoms with E-state index in [0.29, 0.717) is 23.8 Å². The molecule has 3 N–H and O–H groups in total. The van der Waals surface area contributed by atoms with Crippen molar-refractivity contribution in [3.8, 4) is 0 Å². The fraction of sp³-hybridized carbons (Fsp3) is 0.400. The molecule has 0 saturated heterocycles. The average molecular weight is 228 g/mol. The zero-order valence-electron chi connectivity index (χ0n) is 8.53. The minimum atomic E-state index is -0.131. The lowest BCUT2D eigenvalue weighted by Crippen LogP contribution is -2.23. The third-order valence-corrected chi connectivity index (χ3v) is 2.35. The molecule has 0 aliphatic heterocycles. The van der Waals surface area contributed by atoms with Gasteiger partial charge in [-0.2, -0.15) is 0 Å². The molecule has 15 heavy (non-hydrogen) atoms. The summed E-state index contributed by atoms with van der Waals surface area (Å²) < 4.78 is 0. The van der Waals surface area contributed by atoms with Crippen LogP contribution in [0.3, 0.4) is 0 Å². The number of hydrogen-bond donors (Lipinski definition) is 2. The summed E-state index contributed by atoms with van der Waals surface area (Å²) in [4.78, 5) is 15.6. The normalized spacial score (nSPS) is 12.2. The Morgan fingerprint density at radius 1 is 1.73 bits per heavy atom. The molecular weight excluding hydrogens is 214 g/mol. The van der Waals surface area contributed by atoms with Gasteiger partial charge in [-0.15, -0.1) is 0 Å². The molecule has 0 aromatic carbocycles. The standard InChI is InChI=1S/C10H14ClN3O/c1-7(4-5-12)10(15)14-9-8(11)3-2-6-13-9/h2-3,6-7H,4-5,12H2,1H3,(H,13,14,15). The Bertz CT molecular complexity index is 343. The molecule has 0 spiro atoms. The highest BCUT2D eigenvalue weighted by molar-refractivity contribution is 6.33. The Balaban J connectivity index is 2.62. The molecule has 4 nitrogen and oxygen atoms in total. The van der Waals surface area contributed by atoms with E-state index in [9.17, 15) is 4.79 Å². The molecular formula is C10H14ClN3O. The molecule has 1 amide bonds. The van der Waals surface area contributed by atoms with Gasteiger partial charge in [0.15, 0.2) is 5.82 Å². The summed E-state index contributed by atoms with van der Waals surface area (Å²) in [5.41, 5.74) is 5.37. The van der Waals surface area contributed by atoms with Crippen LogP contribution < -0.4 is 11.1 Å². The Morgan fingerprint density at radius 3 is 3.07 bits per heavy atom. The van der Waals surface area contributed by atoms with Crippen molar-refractivity contribution in [2.45, 2.75) is 13.3 Å². The minimum Gasteiger partial charge on any atom is -0.330 e. The van der Waals surface area contributed by atoms with Crippen LogP contribution in [-0.2, 0) is 4.79 Å². The summed E-state index contributed by atoms with van der Waals surface area (Å²) in [7, 11) is 0. The van der Waals surface area contributed by atoms with E-state index in [2.05, 4.69) is 10.3 Å². The zero-order valence-corrected chi connectivity index (χ0v) is 9.29. The number of amides is 1. The second-order valence-electron chi connectivity index (χ2n) is 3.30. The van der Waals surface area contributed by atoms with Gasteiger partial charge < -0.3 is 11.1 Å². The van der Waals surface area contributed by atoms with Gasteiger partial charge in [-0.05, 0) is 25.1 Å². The van der Waals surface area contributed by atoms with Crippen LogP contribution in [0.25, 0.3) is 0 Å². The first kappa shape index (κ1) is 11.9. The highest BCUT2D eigenvalue weighted by atomic mass is 35.5. The largest absolute Gasteiger partial charge is 0.330 e. The summed E-state index contributed by atoms with van der Waals surface area (Å²) in [5, 5.41) is 3.09. The van der Waals surface area contributed by atoms with E-state index in [-0.39, 0.29) is 11.8 Å². The third kappa shape index (κ3) is 3.49. The Kier molecular flexibility index (Phi) is 4.52. The van der Waals surface area contributed by atoms with Crippen LogP contribution in [-0.4, -0.2) is 17.4 Å². The lowest BCUT2D eigenvalue weighted by atomic mass is 10.1. The van der Waals surface area contributed by atoms with Gasteiger partial charge in [-0.3, -0.25) is 4.79 Å². The fourth-order valence-electron chi connectivity index (χ4n) is 1.10. The van der Waals surface area contributed by atoms with Gasteiger partial charge in [-0.1, -0.05) is 18.5 Å². The number of carbonyl (C=O) groups excluding carboxylic acids is 1. The molecule has 1 unspecified atom stereocenters. The van der Waals surface area contributed by atoms with Gasteiger partial charge in [0.1, 0.15) is 0 Å². The first-order valence-corrected chi connectivity index (χ1v) is 5.14. The summed E-state index contributed by atoms with van der Waals surface area (Å²) >= 11 is 5.85. The number of nitrogens with zero attached hydrogens (tertiary/aromatic N) is 1. The first-order valence-electron chi connectivity index (χ1n) is 4.76. The summed E-state index contributed by atoms with van der Waals surface area (Å²) in [6, 6.07) is 3.39. The van der Waals surface area contributed by atoms with E-state index in [1.165, 1.54) is 0 Å². The van der Waals surface area contributed by atoms with Crippen molar-refractivity contribution in [2.24, 2.45) is 11.7 Å². The van der Waals surface area contributed by atoms with Crippen LogP contribution in [0.2, 0.25) is 5.02 Å². The highest BCUT2D eigenvalue weighted by Gasteiger charge is 2.13. The Labute approximate surface area is 93.8 Å². The van der Waals surface area contributed by atoms with Crippen molar-refractivity contribution in [2.75, 3.05) is 11.9 Å². The molecule has 0 aliphatic carbocycles. The Morgan fingerprint density at radius 2 is 2.47 bits per heavy atom. The smallest absolute Gasteiger partial charge is 0.228 e. The molecule has 5 heteroatoms. The average Bonchev–Trinajstić information content (AvgIpc) is 2.21. The van der Waals surface area contributed by atoms with E-state index in [4.69, 9.17) is 17.3 Å². The number of carbonyl (C=O) groups is 1. The third-order valence-electron chi connectivity index (χ3n) is 2.05. The monoisotopic (exact) mass is 227 g/mol. The number of nitrogens with two attached hydrogens (primary N) is 1. The summed E-state index contributed by atoms with van der Waals surface area (Å²) in [5.74, 6) is 0.155. The maximum absolute atomic E-state index is 11.6. The molecule has 0 radical (unpaired) electrons. The van der Waals surface area contributed by atoms with Gasteiger partial charge in [0.05, 0.1) is 5.02 Å². The minimum absolute atomic E-state index is 0.110. The summed E-state index contributed by atoms with van der Waals surface area (Å²) in [6.07, 6.45) is 2.23. The van der Waals surface area contributed by atoms with Crippen LogP contribution in [0.15, 0.2) is 18.3 Å². The van der Waals surface area contributed by atoms with E-state index < -0.39 is 0 Å². The number of nitrogens with one attached hydrogen (secondary N) is 1. The number of rotatable bonds is 4. The molecule has 1 heterocycles. The second-order valence-corrected chi connectivity index (χ2v) is 3.71. The van der Waals surface area contributed by atoms with Gasteiger partial charge in [0, 0.05) is 12.1 Å². The van der Waals surface area contributed by atoms with E-state index in [0.717, 1.165) is 0 Å². The second kappa shape index (κ2) is 5.68. The maximum atomic E-state index is 11.6. The SMILES string of the molecule is CC(CCN)C(=O)Nc1ncccc1Cl. The van der Waals surface area contributed by atoms with Crippen molar-refractivity contribution in [1.29, 1.82) is 0 Å². The van der Waals surface area contributed by atoms with E-state index in [1.54, 1.807) is 18.3 Å². The van der Waals surface area contributed by atoms with Gasteiger partial charge in [-0.25, -0.2) is 4.98 Å². The zero-order chi connectivity index (χ0) is 11.3. The van der Waals surface area contributed by atoms with E-state index >= 15 is 0 Å². The lowest BCUT2D eigenvalue weighted by Gasteiger charge is -2.10. The van der Waals surface area contributed by atoms with Gasteiger partial charge >= 0.3 is 0 Å². The number of pyridine rings is 1. The molecule has 1 aromatic heterocycles. The van der Waals surface area contributed by atoms with Crippen LogP contribution in [0.1, 0.15) is 13.3 Å². The lowest BCUT2D eigenvalue weighted by molar-refractivity contribution is -0.119. The molecule has 1 atom stereocenters. The van der Waals surface area contributed by atoms with E-state index in [1.807, 2.05) is 6.92 Å². The van der Waals surface area contributed by atoms with Crippen LogP contribution in [0, 0.1) is 5.92 Å². The van der Waals surface area contributed by atoms with Crippen molar-refractivity contribution >= 4 is 23.3 Å². The quantitative estimate of drug-likeness (QED) is 0.822. The Hall–Kier alpha value is -1.13. The van der Waals surface area contributed by atoms with Gasteiger partial charge in [0.25, 0.3) is 0 Å². The molecule has 0 saturated carbocycles.